The molecule has 21 heavy (non-hydrogen) atoms. The van der Waals surface area contributed by atoms with Gasteiger partial charge in [0, 0.05) is 13.1 Å². The molecule has 2 aromatic carbocycles. The van der Waals surface area contributed by atoms with E-state index in [1.54, 1.807) is 0 Å². The van der Waals surface area contributed by atoms with Crippen molar-refractivity contribution in [1.29, 1.82) is 0 Å². The average Bonchev–Trinajstić information content (AvgIpc) is 2.56. The van der Waals surface area contributed by atoms with Crippen molar-refractivity contribution in [2.24, 2.45) is 0 Å². The molecule has 108 valence electrons. The molecule has 0 aliphatic rings. The highest BCUT2D eigenvalue weighted by Gasteiger charge is 2.14. The van der Waals surface area contributed by atoms with Crippen LogP contribution in [0.25, 0.3) is 5.57 Å². The Morgan fingerprint density at radius 3 is 2.24 bits per heavy atom. The molecule has 2 rings (SSSR count). The maximum atomic E-state index is 10.7. The van der Waals surface area contributed by atoms with Crippen LogP contribution in [0, 0.1) is 0 Å². The Hall–Kier alpha value is -2.16. The van der Waals surface area contributed by atoms with Crippen LogP contribution in [0.4, 0.5) is 0 Å². The van der Waals surface area contributed by atoms with E-state index in [0.717, 1.165) is 23.2 Å². The van der Waals surface area contributed by atoms with E-state index >= 15 is 0 Å². The number of aliphatic hydroxyl groups excluding tert-OH is 1. The van der Waals surface area contributed by atoms with Gasteiger partial charge in [0.1, 0.15) is 6.10 Å². The van der Waals surface area contributed by atoms with Gasteiger partial charge < -0.3 is 10.4 Å². The molecule has 0 amide bonds. The maximum Gasteiger partial charge on any atom is 0.104 e. The molecule has 0 aliphatic carbocycles. The molecule has 1 atom stereocenters. The second-order valence-electron chi connectivity index (χ2n) is 4.79. The normalized spacial score (nSPS) is 12.9. The first-order valence-electron chi connectivity index (χ1n) is 7.13. The summed E-state index contributed by atoms with van der Waals surface area (Å²) < 4.78 is 0. The second-order valence-corrected chi connectivity index (χ2v) is 4.79. The van der Waals surface area contributed by atoms with E-state index in [0.29, 0.717) is 6.54 Å². The van der Waals surface area contributed by atoms with Gasteiger partial charge in [0.15, 0.2) is 0 Å². The van der Waals surface area contributed by atoms with E-state index in [2.05, 4.69) is 11.9 Å². The molecule has 1 unspecified atom stereocenters. The predicted octanol–water partition coefficient (Wildman–Crippen LogP) is 3.58. The third-order valence-corrected chi connectivity index (χ3v) is 3.27. The largest absolute Gasteiger partial charge is 0.384 e. The number of nitrogens with one attached hydrogen (secondary N) is 1. The van der Waals surface area contributed by atoms with E-state index < -0.39 is 6.10 Å². The van der Waals surface area contributed by atoms with Crippen LogP contribution in [0.5, 0.6) is 0 Å². The smallest absolute Gasteiger partial charge is 0.104 e. The monoisotopic (exact) mass is 279 g/mol. The molecular weight excluding hydrogens is 258 g/mol. The highest BCUT2D eigenvalue weighted by Crippen LogP contribution is 2.29. The predicted molar refractivity (Wildman–Crippen MR) is 88.9 cm³/mol. The van der Waals surface area contributed by atoms with Crippen molar-refractivity contribution < 1.29 is 5.11 Å². The van der Waals surface area contributed by atoms with E-state index in [-0.39, 0.29) is 0 Å². The fourth-order valence-corrected chi connectivity index (χ4v) is 2.20. The van der Waals surface area contributed by atoms with Gasteiger partial charge in [-0.25, -0.2) is 0 Å². The summed E-state index contributed by atoms with van der Waals surface area (Å²) in [5.41, 5.74) is 2.85. The Morgan fingerprint density at radius 2 is 1.62 bits per heavy atom. The third-order valence-electron chi connectivity index (χ3n) is 3.27. The van der Waals surface area contributed by atoms with Crippen LogP contribution in [0.15, 0.2) is 79.4 Å². The molecule has 0 heterocycles. The Balaban J connectivity index is 2.25. The molecular formula is C19H21NO. The first kappa shape index (κ1) is 15.2. The summed E-state index contributed by atoms with van der Waals surface area (Å²) in [6, 6.07) is 19.7. The Morgan fingerprint density at radius 1 is 1.00 bits per heavy atom. The summed E-state index contributed by atoms with van der Waals surface area (Å²) in [6.45, 7) is 5.13. The van der Waals surface area contributed by atoms with E-state index in [4.69, 9.17) is 0 Å². The molecule has 2 heteroatoms. The minimum Gasteiger partial charge on any atom is -0.384 e. The lowest BCUT2D eigenvalue weighted by Gasteiger charge is -2.16. The standard InChI is InChI=1S/C19H21NO/c1-2-14-20-15-13-18(16-9-5-3-6-10-16)19(21)17-11-7-4-8-12-17/h2-13,19-21H,1,14-15H2/b18-13+. The minimum atomic E-state index is -0.626. The van der Waals surface area contributed by atoms with Gasteiger partial charge in [0.2, 0.25) is 0 Å². The lowest BCUT2D eigenvalue weighted by molar-refractivity contribution is 0.238. The summed E-state index contributed by atoms with van der Waals surface area (Å²) in [5, 5.41) is 13.9. The van der Waals surface area contributed by atoms with E-state index in [1.807, 2.05) is 72.8 Å². The fourth-order valence-electron chi connectivity index (χ4n) is 2.20. The lowest BCUT2D eigenvalue weighted by Crippen LogP contribution is -2.14. The molecule has 0 spiro atoms. The van der Waals surface area contributed by atoms with Crippen molar-refractivity contribution in [3.63, 3.8) is 0 Å². The van der Waals surface area contributed by atoms with Crippen LogP contribution < -0.4 is 5.32 Å². The average molecular weight is 279 g/mol. The second kappa shape index (κ2) is 8.20. The first-order valence-corrected chi connectivity index (χ1v) is 7.13. The van der Waals surface area contributed by atoms with Crippen molar-refractivity contribution in [2.45, 2.75) is 6.10 Å². The quantitative estimate of drug-likeness (QED) is 0.600. The van der Waals surface area contributed by atoms with Crippen molar-refractivity contribution in [3.05, 3.63) is 90.5 Å². The molecule has 0 saturated carbocycles. The van der Waals surface area contributed by atoms with Gasteiger partial charge in [0.25, 0.3) is 0 Å². The number of aliphatic hydroxyl groups is 1. The summed E-state index contributed by atoms with van der Waals surface area (Å²) >= 11 is 0. The highest BCUT2D eigenvalue weighted by atomic mass is 16.3. The van der Waals surface area contributed by atoms with Crippen LogP contribution in [-0.2, 0) is 0 Å². The number of hydrogen-bond donors (Lipinski definition) is 2. The number of rotatable bonds is 7. The van der Waals surface area contributed by atoms with Crippen LogP contribution in [0.2, 0.25) is 0 Å². The topological polar surface area (TPSA) is 32.3 Å². The Labute approximate surface area is 126 Å². The van der Waals surface area contributed by atoms with Gasteiger partial charge in [-0.05, 0) is 16.7 Å². The molecule has 2 aromatic rings. The Bertz CT molecular complexity index is 575. The Kier molecular flexibility index (Phi) is 5.95. The SMILES string of the molecule is C=CCNC/C=C(\c1ccccc1)C(O)c1ccccc1. The fraction of sp³-hybridized carbons (Fsp3) is 0.158. The van der Waals surface area contributed by atoms with Crippen LogP contribution in [-0.4, -0.2) is 18.2 Å². The zero-order chi connectivity index (χ0) is 14.9. The third kappa shape index (κ3) is 4.42. The molecule has 0 aromatic heterocycles. The van der Waals surface area contributed by atoms with Gasteiger partial charge >= 0.3 is 0 Å². The van der Waals surface area contributed by atoms with Crippen molar-refractivity contribution in [2.75, 3.05) is 13.1 Å². The van der Waals surface area contributed by atoms with Crippen LogP contribution in [0.3, 0.4) is 0 Å². The van der Waals surface area contributed by atoms with Gasteiger partial charge in [-0.2, -0.15) is 0 Å². The molecule has 0 bridgehead atoms. The summed E-state index contributed by atoms with van der Waals surface area (Å²) in [6.07, 6.45) is 3.24. The van der Waals surface area contributed by atoms with Gasteiger partial charge in [-0.1, -0.05) is 72.8 Å². The molecule has 0 fully saturated rings. The molecule has 0 saturated heterocycles. The van der Waals surface area contributed by atoms with E-state index in [1.165, 1.54) is 0 Å². The first-order chi connectivity index (χ1) is 10.3. The molecule has 0 radical (unpaired) electrons. The van der Waals surface area contributed by atoms with Crippen molar-refractivity contribution >= 4 is 5.57 Å². The van der Waals surface area contributed by atoms with Crippen molar-refractivity contribution in [3.8, 4) is 0 Å². The molecule has 2 nitrogen and oxygen atoms in total. The van der Waals surface area contributed by atoms with Gasteiger partial charge in [-0.15, -0.1) is 6.58 Å². The molecule has 2 N–H and O–H groups in total. The van der Waals surface area contributed by atoms with Crippen molar-refractivity contribution in [1.82, 2.24) is 5.32 Å². The zero-order valence-electron chi connectivity index (χ0n) is 12.1. The summed E-state index contributed by atoms with van der Waals surface area (Å²) in [4.78, 5) is 0. The molecule has 0 aliphatic heterocycles. The van der Waals surface area contributed by atoms with Gasteiger partial charge in [0.05, 0.1) is 0 Å². The van der Waals surface area contributed by atoms with E-state index in [9.17, 15) is 5.11 Å². The summed E-state index contributed by atoms with van der Waals surface area (Å²) in [7, 11) is 0. The number of benzene rings is 2. The maximum absolute atomic E-state index is 10.7. The van der Waals surface area contributed by atoms with Gasteiger partial charge in [-0.3, -0.25) is 0 Å². The highest BCUT2D eigenvalue weighted by molar-refractivity contribution is 5.70. The lowest BCUT2D eigenvalue weighted by atomic mass is 9.95. The van der Waals surface area contributed by atoms with Crippen LogP contribution in [0.1, 0.15) is 17.2 Å². The minimum absolute atomic E-state index is 0.626. The zero-order valence-corrected chi connectivity index (χ0v) is 12.1. The summed E-state index contributed by atoms with van der Waals surface area (Å²) in [5.74, 6) is 0. The van der Waals surface area contributed by atoms with Crippen LogP contribution >= 0.6 is 0 Å². The number of hydrogen-bond acceptors (Lipinski definition) is 2.